The van der Waals surface area contributed by atoms with Crippen LogP contribution in [-0.4, -0.2) is 30.9 Å². The third-order valence-electron chi connectivity index (χ3n) is 3.31. The zero-order valence-corrected chi connectivity index (χ0v) is 11.9. The second-order valence-electron chi connectivity index (χ2n) is 4.93. The Morgan fingerprint density at radius 2 is 2.20 bits per heavy atom. The summed E-state index contributed by atoms with van der Waals surface area (Å²) in [6.07, 6.45) is 0.675. The first-order valence-corrected chi connectivity index (χ1v) is 6.91. The predicted octanol–water partition coefficient (Wildman–Crippen LogP) is 1.74. The molecule has 20 heavy (non-hydrogen) atoms. The minimum absolute atomic E-state index is 0.0159. The second-order valence-corrected chi connectivity index (χ2v) is 4.93. The number of benzene rings is 1. The average Bonchev–Trinajstić information content (AvgIpc) is 2.45. The third-order valence-corrected chi connectivity index (χ3v) is 3.31. The molecule has 1 aromatic carbocycles. The first kappa shape index (κ1) is 14.5. The first-order valence-electron chi connectivity index (χ1n) is 6.91. The molecule has 1 aromatic rings. The van der Waals surface area contributed by atoms with Gasteiger partial charge in [0.25, 0.3) is 0 Å². The lowest BCUT2D eigenvalue weighted by Gasteiger charge is -2.33. The van der Waals surface area contributed by atoms with Crippen LogP contribution in [0.1, 0.15) is 37.0 Å². The summed E-state index contributed by atoms with van der Waals surface area (Å²) in [5.41, 5.74) is 6.66. The van der Waals surface area contributed by atoms with Crippen molar-refractivity contribution < 1.29 is 14.3 Å². The van der Waals surface area contributed by atoms with Crippen molar-refractivity contribution in [3.63, 3.8) is 0 Å². The highest BCUT2D eigenvalue weighted by molar-refractivity contribution is 6.00. The number of Topliss-reactive ketones (excluding diaryl/α,β-unsaturated/α-hetero) is 1. The van der Waals surface area contributed by atoms with Gasteiger partial charge in [-0.3, -0.25) is 9.59 Å². The molecule has 5 nitrogen and oxygen atoms in total. The fourth-order valence-corrected chi connectivity index (χ4v) is 2.31. The number of hydrogen-bond donors (Lipinski definition) is 1. The van der Waals surface area contributed by atoms with Crippen LogP contribution >= 0.6 is 0 Å². The number of ketones is 1. The van der Waals surface area contributed by atoms with Gasteiger partial charge in [-0.05, 0) is 31.7 Å². The fourth-order valence-electron chi connectivity index (χ4n) is 2.31. The highest BCUT2D eigenvalue weighted by Gasteiger charge is 2.27. The summed E-state index contributed by atoms with van der Waals surface area (Å²) in [6.45, 7) is 4.58. The second kappa shape index (κ2) is 6.05. The molecule has 1 heterocycles. The Hall–Kier alpha value is -1.88. The molecule has 0 fully saturated rings. The molecule has 0 radical (unpaired) electrons. The maximum absolute atomic E-state index is 12.0. The van der Waals surface area contributed by atoms with Crippen LogP contribution in [0.3, 0.4) is 0 Å². The van der Waals surface area contributed by atoms with Crippen molar-refractivity contribution in [1.82, 2.24) is 0 Å². The van der Waals surface area contributed by atoms with Crippen LogP contribution in [0.15, 0.2) is 18.2 Å². The molecule has 0 saturated carbocycles. The Bertz CT molecular complexity index is 528. The quantitative estimate of drug-likeness (QED) is 0.850. The van der Waals surface area contributed by atoms with Crippen LogP contribution in [0.25, 0.3) is 0 Å². The highest BCUT2D eigenvalue weighted by Crippen LogP contribution is 2.35. The van der Waals surface area contributed by atoms with Gasteiger partial charge < -0.3 is 15.4 Å². The lowest BCUT2D eigenvalue weighted by atomic mass is 10.0. The fraction of sp³-hybridized carbons (Fsp3) is 0.467. The summed E-state index contributed by atoms with van der Waals surface area (Å²) in [5, 5.41) is 0. The van der Waals surface area contributed by atoms with E-state index in [0.717, 1.165) is 0 Å². The monoisotopic (exact) mass is 276 g/mol. The van der Waals surface area contributed by atoms with Gasteiger partial charge >= 0.3 is 0 Å². The highest BCUT2D eigenvalue weighted by atomic mass is 16.5. The van der Waals surface area contributed by atoms with Gasteiger partial charge in [0.1, 0.15) is 11.9 Å². The standard InChI is InChI=1S/C15H20N2O3/c1-3-15(19)17-9-10(2)20-14-5-4-11(8-12(14)17)13(18)6-7-16/h4-5,8,10H,3,6-7,9,16H2,1-2H3. The van der Waals surface area contributed by atoms with Gasteiger partial charge in [-0.15, -0.1) is 0 Å². The number of carbonyl (C=O) groups is 2. The number of nitrogens with zero attached hydrogens (tertiary/aromatic N) is 1. The Kier molecular flexibility index (Phi) is 4.39. The van der Waals surface area contributed by atoms with Gasteiger partial charge in [-0.2, -0.15) is 0 Å². The van der Waals surface area contributed by atoms with Gasteiger partial charge in [-0.1, -0.05) is 6.92 Å². The number of hydrogen-bond acceptors (Lipinski definition) is 4. The maximum Gasteiger partial charge on any atom is 0.226 e. The molecule has 0 aromatic heterocycles. The van der Waals surface area contributed by atoms with E-state index in [4.69, 9.17) is 10.5 Å². The van der Waals surface area contributed by atoms with Crippen LogP contribution < -0.4 is 15.4 Å². The molecule has 0 bridgehead atoms. The van der Waals surface area contributed by atoms with Crippen molar-refractivity contribution in [3.8, 4) is 5.75 Å². The van der Waals surface area contributed by atoms with Crippen LogP contribution in [0.2, 0.25) is 0 Å². The van der Waals surface area contributed by atoms with Gasteiger partial charge in [0.05, 0.1) is 12.2 Å². The topological polar surface area (TPSA) is 72.6 Å². The van der Waals surface area contributed by atoms with Gasteiger partial charge in [0.2, 0.25) is 5.91 Å². The molecule has 0 aliphatic carbocycles. The number of anilines is 1. The number of nitrogens with two attached hydrogens (primary N) is 1. The summed E-state index contributed by atoms with van der Waals surface area (Å²) in [7, 11) is 0. The Labute approximate surface area is 118 Å². The molecule has 1 aliphatic rings. The van der Waals surface area contributed by atoms with Crippen molar-refractivity contribution in [3.05, 3.63) is 23.8 Å². The van der Waals surface area contributed by atoms with E-state index < -0.39 is 0 Å². The Balaban J connectivity index is 2.38. The summed E-state index contributed by atoms with van der Waals surface area (Å²) in [5.74, 6) is 0.664. The van der Waals surface area contributed by atoms with E-state index in [2.05, 4.69) is 0 Å². The first-order chi connectivity index (χ1) is 9.56. The summed E-state index contributed by atoms with van der Waals surface area (Å²) < 4.78 is 5.72. The van der Waals surface area contributed by atoms with E-state index in [1.807, 2.05) is 13.8 Å². The van der Waals surface area contributed by atoms with Gasteiger partial charge in [-0.25, -0.2) is 0 Å². The molecular weight excluding hydrogens is 256 g/mol. The van der Waals surface area contributed by atoms with E-state index in [1.54, 1.807) is 23.1 Å². The largest absolute Gasteiger partial charge is 0.487 e. The zero-order chi connectivity index (χ0) is 14.7. The van der Waals surface area contributed by atoms with Crippen LogP contribution in [0.4, 0.5) is 5.69 Å². The summed E-state index contributed by atoms with van der Waals surface area (Å²) in [4.78, 5) is 25.7. The van der Waals surface area contributed by atoms with Crippen LogP contribution in [0.5, 0.6) is 5.75 Å². The minimum Gasteiger partial charge on any atom is -0.487 e. The molecule has 0 spiro atoms. The number of carbonyl (C=O) groups excluding carboxylic acids is 2. The Morgan fingerprint density at radius 3 is 2.85 bits per heavy atom. The smallest absolute Gasteiger partial charge is 0.226 e. The van der Waals surface area contributed by atoms with Crippen molar-refractivity contribution in [2.45, 2.75) is 32.8 Å². The molecule has 2 N–H and O–H groups in total. The molecule has 1 amide bonds. The minimum atomic E-state index is -0.0522. The maximum atomic E-state index is 12.0. The molecule has 1 aliphatic heterocycles. The van der Waals surface area contributed by atoms with Crippen molar-refractivity contribution >= 4 is 17.4 Å². The van der Waals surface area contributed by atoms with Gasteiger partial charge in [0, 0.05) is 18.4 Å². The third kappa shape index (κ3) is 2.82. The van der Waals surface area contributed by atoms with E-state index >= 15 is 0 Å². The lowest BCUT2D eigenvalue weighted by Crippen LogP contribution is -2.42. The van der Waals surface area contributed by atoms with Gasteiger partial charge in [0.15, 0.2) is 5.78 Å². The normalized spacial score (nSPS) is 17.4. The lowest BCUT2D eigenvalue weighted by molar-refractivity contribution is -0.118. The number of rotatable bonds is 4. The van der Waals surface area contributed by atoms with E-state index in [0.29, 0.717) is 42.9 Å². The number of ether oxygens (including phenoxy) is 1. The van der Waals surface area contributed by atoms with E-state index in [1.165, 1.54) is 0 Å². The number of fused-ring (bicyclic) bond motifs is 1. The Morgan fingerprint density at radius 1 is 1.45 bits per heavy atom. The molecule has 1 unspecified atom stereocenters. The van der Waals surface area contributed by atoms with Crippen LogP contribution in [0, 0.1) is 0 Å². The van der Waals surface area contributed by atoms with Crippen molar-refractivity contribution in [1.29, 1.82) is 0 Å². The molecule has 108 valence electrons. The molecule has 5 heteroatoms. The van der Waals surface area contributed by atoms with Crippen molar-refractivity contribution in [2.75, 3.05) is 18.0 Å². The van der Waals surface area contributed by atoms with E-state index in [9.17, 15) is 9.59 Å². The SMILES string of the molecule is CCC(=O)N1CC(C)Oc2ccc(C(=O)CCN)cc21. The van der Waals surface area contributed by atoms with E-state index in [-0.39, 0.29) is 17.8 Å². The van der Waals surface area contributed by atoms with Crippen molar-refractivity contribution in [2.24, 2.45) is 5.73 Å². The molecule has 0 saturated heterocycles. The summed E-state index contributed by atoms with van der Waals surface area (Å²) >= 11 is 0. The van der Waals surface area contributed by atoms with Crippen LogP contribution in [-0.2, 0) is 4.79 Å². The molecule has 2 rings (SSSR count). The molecule has 1 atom stereocenters. The predicted molar refractivity (Wildman–Crippen MR) is 77.2 cm³/mol. The number of amides is 1. The summed E-state index contributed by atoms with van der Waals surface area (Å²) in [6, 6.07) is 5.21. The molecular formula is C15H20N2O3. The zero-order valence-electron chi connectivity index (χ0n) is 11.9. The average molecular weight is 276 g/mol.